The Hall–Kier alpha value is -4.05. The van der Waals surface area contributed by atoms with Gasteiger partial charge >= 0.3 is 6.03 Å². The Kier molecular flexibility index (Phi) is 12.8. The number of aryl methyl sites for hydroxylation is 2. The van der Waals surface area contributed by atoms with Crippen molar-refractivity contribution in [3.8, 4) is 5.75 Å². The van der Waals surface area contributed by atoms with Gasteiger partial charge in [0.15, 0.2) is 5.76 Å². The van der Waals surface area contributed by atoms with E-state index < -0.39 is 45.8 Å². The number of amides is 3. The fourth-order valence-electron chi connectivity index (χ4n) is 5.54. The van der Waals surface area contributed by atoms with Gasteiger partial charge in [0.2, 0.25) is 10.0 Å². The average Bonchev–Trinajstić information content (AvgIpc) is 3.38. The number of aliphatic hydroxyl groups excluding tert-OH is 1. The zero-order valence-corrected chi connectivity index (χ0v) is 29.5. The zero-order valence-electron chi connectivity index (χ0n) is 28.7. The molecule has 0 saturated carbocycles. The molecule has 0 spiro atoms. The Morgan fingerprint density at radius 3 is 2.51 bits per heavy atom. The molecule has 2 heterocycles. The van der Waals surface area contributed by atoms with Crippen molar-refractivity contribution in [3.63, 3.8) is 0 Å². The van der Waals surface area contributed by atoms with Crippen molar-refractivity contribution in [3.05, 3.63) is 65.3 Å². The third-order valence-corrected chi connectivity index (χ3v) is 10.4. The van der Waals surface area contributed by atoms with E-state index in [1.165, 1.54) is 34.5 Å². The molecule has 0 unspecified atom stereocenters. The van der Waals surface area contributed by atoms with Gasteiger partial charge in [-0.2, -0.15) is 4.31 Å². The average molecular weight is 704 g/mol. The molecule has 268 valence electrons. The number of hydrogen-bond donors (Lipinski definition) is 3. The molecule has 0 fully saturated rings. The third-order valence-electron chi connectivity index (χ3n) is 8.54. The van der Waals surface area contributed by atoms with E-state index in [1.807, 2.05) is 13.8 Å². The highest BCUT2D eigenvalue weighted by molar-refractivity contribution is 7.89. The summed E-state index contributed by atoms with van der Waals surface area (Å²) in [5, 5.41) is 19.5. The molecular weight excluding hydrogens is 657 g/mol. The van der Waals surface area contributed by atoms with Crippen LogP contribution in [0.15, 0.2) is 51.9 Å². The fourth-order valence-corrected chi connectivity index (χ4v) is 6.72. The molecule has 1 aromatic heterocycles. The van der Waals surface area contributed by atoms with Crippen molar-refractivity contribution in [1.29, 1.82) is 0 Å². The summed E-state index contributed by atoms with van der Waals surface area (Å²) in [5.74, 6) is -0.617. The summed E-state index contributed by atoms with van der Waals surface area (Å²) in [7, 11) is -2.53. The van der Waals surface area contributed by atoms with Crippen LogP contribution in [0.25, 0.3) is 0 Å². The van der Waals surface area contributed by atoms with Gasteiger partial charge in [0.05, 0.1) is 35.3 Å². The second-order valence-electron chi connectivity index (χ2n) is 12.5. The van der Waals surface area contributed by atoms with Gasteiger partial charge in [-0.3, -0.25) is 4.79 Å². The van der Waals surface area contributed by atoms with Gasteiger partial charge in [-0.1, -0.05) is 12.1 Å². The van der Waals surface area contributed by atoms with Gasteiger partial charge in [-0.15, -0.1) is 0 Å². The van der Waals surface area contributed by atoms with Crippen LogP contribution in [0.5, 0.6) is 5.75 Å². The van der Waals surface area contributed by atoms with E-state index in [0.717, 1.165) is 18.6 Å². The number of halogens is 1. The number of sulfonamides is 1. The van der Waals surface area contributed by atoms with Crippen molar-refractivity contribution < 1.29 is 41.5 Å². The molecular formula is C34H46FN5O8S. The van der Waals surface area contributed by atoms with E-state index in [2.05, 4.69) is 15.8 Å². The molecule has 0 saturated heterocycles. The molecule has 49 heavy (non-hydrogen) atoms. The molecule has 0 bridgehead atoms. The lowest BCUT2D eigenvalue weighted by atomic mass is 10.0. The molecule has 3 N–H and O–H groups in total. The van der Waals surface area contributed by atoms with Crippen LogP contribution in [0, 0.1) is 25.6 Å². The predicted octanol–water partition coefficient (Wildman–Crippen LogP) is 5.19. The van der Waals surface area contributed by atoms with E-state index in [1.54, 1.807) is 32.9 Å². The first-order valence-electron chi connectivity index (χ1n) is 16.3. The Bertz CT molecular complexity index is 1680. The summed E-state index contributed by atoms with van der Waals surface area (Å²) in [4.78, 5) is 28.7. The second-order valence-corrected chi connectivity index (χ2v) is 14.6. The number of hydrogen-bond acceptors (Lipinski definition) is 9. The first-order valence-corrected chi connectivity index (χ1v) is 17.7. The molecule has 4 atom stereocenters. The molecule has 15 heteroatoms. The van der Waals surface area contributed by atoms with Gasteiger partial charge in [0.25, 0.3) is 5.91 Å². The minimum absolute atomic E-state index is 0.0270. The molecule has 1 aliphatic heterocycles. The van der Waals surface area contributed by atoms with Crippen LogP contribution in [-0.4, -0.2) is 91.4 Å². The van der Waals surface area contributed by atoms with Crippen LogP contribution in [0.1, 0.15) is 61.8 Å². The summed E-state index contributed by atoms with van der Waals surface area (Å²) in [6, 6.07) is 8.22. The quantitative estimate of drug-likeness (QED) is 0.287. The number of fused-ring (bicyclic) bond motifs is 1. The molecule has 3 aromatic rings. The number of carbonyl (C=O) groups excluding carboxylic acids is 2. The number of carbonyl (C=O) groups is 2. The highest BCUT2D eigenvalue weighted by Gasteiger charge is 2.32. The normalized spacial score (nSPS) is 20.2. The number of anilines is 2. The number of ether oxygens (including phenoxy) is 2. The largest absolute Gasteiger partial charge is 0.490 e. The maximum absolute atomic E-state index is 14.4. The highest BCUT2D eigenvalue weighted by Crippen LogP contribution is 2.29. The minimum atomic E-state index is -3.97. The van der Waals surface area contributed by atoms with Gasteiger partial charge in [-0.25, -0.2) is 17.6 Å². The zero-order chi connectivity index (χ0) is 35.9. The Morgan fingerprint density at radius 1 is 1.14 bits per heavy atom. The van der Waals surface area contributed by atoms with Gasteiger partial charge < -0.3 is 34.6 Å². The van der Waals surface area contributed by atoms with Gasteiger partial charge in [-0.05, 0) is 89.4 Å². The van der Waals surface area contributed by atoms with E-state index in [4.69, 9.17) is 14.0 Å². The van der Waals surface area contributed by atoms with Crippen LogP contribution in [-0.2, 0) is 14.8 Å². The second kappa shape index (κ2) is 16.6. The Morgan fingerprint density at radius 2 is 1.86 bits per heavy atom. The first-order chi connectivity index (χ1) is 23.2. The van der Waals surface area contributed by atoms with E-state index >= 15 is 0 Å². The smallest absolute Gasteiger partial charge is 0.323 e. The molecule has 13 nitrogen and oxygen atoms in total. The molecule has 3 amide bonds. The summed E-state index contributed by atoms with van der Waals surface area (Å²) < 4.78 is 59.0. The van der Waals surface area contributed by atoms with Crippen molar-refractivity contribution >= 4 is 33.3 Å². The number of likely N-dealkylation sites (N-methyl/N-ethyl adjacent to an activating group) is 1. The monoisotopic (exact) mass is 703 g/mol. The number of benzene rings is 2. The molecule has 0 aliphatic carbocycles. The van der Waals surface area contributed by atoms with Gasteiger partial charge in [0, 0.05) is 38.3 Å². The lowest BCUT2D eigenvalue weighted by molar-refractivity contribution is -0.00834. The maximum Gasteiger partial charge on any atom is 0.323 e. The van der Waals surface area contributed by atoms with Crippen molar-refractivity contribution in [2.24, 2.45) is 5.92 Å². The highest BCUT2D eigenvalue weighted by atomic mass is 32.2. The standard InChI is InChI=1S/C34H46FN5O8S/c1-21-18-40(22(2)20-41)33(42)29-17-27(36-34(43)37-32-24(4)38-48-25(32)5)12-15-30(29)47-23(3)9-7-8-16-46-31(21)19-39(6)49(44,45)28-13-10-26(35)11-14-28/h10-15,17,21-23,31,41H,7-9,16,18-20H2,1-6H3,(H2,36,37,43)/t21-,22-,23+,31-/m1/s1. The first kappa shape index (κ1) is 37.8. The summed E-state index contributed by atoms with van der Waals surface area (Å²) in [6.07, 6.45) is 1.22. The van der Waals surface area contributed by atoms with Crippen molar-refractivity contribution in [2.45, 2.75) is 77.0 Å². The number of nitrogens with zero attached hydrogens (tertiary/aromatic N) is 3. The van der Waals surface area contributed by atoms with Crippen LogP contribution in [0.4, 0.5) is 20.6 Å². The number of urea groups is 1. The fraction of sp³-hybridized carbons (Fsp3) is 0.500. The number of rotatable bonds is 8. The number of aliphatic hydroxyl groups is 1. The van der Waals surface area contributed by atoms with Crippen LogP contribution in [0.2, 0.25) is 0 Å². The maximum atomic E-state index is 14.4. The number of nitrogens with one attached hydrogen (secondary N) is 2. The van der Waals surface area contributed by atoms with Crippen LogP contribution in [0.3, 0.4) is 0 Å². The Labute approximate surface area is 286 Å². The third kappa shape index (κ3) is 9.56. The van der Waals surface area contributed by atoms with Crippen molar-refractivity contribution in [1.82, 2.24) is 14.4 Å². The van der Waals surface area contributed by atoms with Crippen LogP contribution < -0.4 is 15.4 Å². The number of aromatic nitrogens is 1. The summed E-state index contributed by atoms with van der Waals surface area (Å²) >= 11 is 0. The minimum Gasteiger partial charge on any atom is -0.490 e. The van der Waals surface area contributed by atoms with Crippen molar-refractivity contribution in [2.75, 3.05) is 44.0 Å². The molecule has 0 radical (unpaired) electrons. The summed E-state index contributed by atoms with van der Waals surface area (Å²) in [5.41, 5.74) is 1.46. The van der Waals surface area contributed by atoms with E-state index in [0.29, 0.717) is 48.0 Å². The van der Waals surface area contributed by atoms with E-state index in [9.17, 15) is 27.5 Å². The van der Waals surface area contributed by atoms with Gasteiger partial charge in [0.1, 0.15) is 22.9 Å². The van der Waals surface area contributed by atoms with Crippen LogP contribution >= 0.6 is 0 Å². The Balaban J connectivity index is 1.63. The molecule has 1 aliphatic rings. The lowest BCUT2D eigenvalue weighted by Crippen LogP contribution is -2.48. The van der Waals surface area contributed by atoms with E-state index in [-0.39, 0.29) is 36.3 Å². The predicted molar refractivity (Wildman–Crippen MR) is 182 cm³/mol. The molecule has 4 rings (SSSR count). The topological polar surface area (TPSA) is 164 Å². The lowest BCUT2D eigenvalue weighted by Gasteiger charge is -2.35. The summed E-state index contributed by atoms with van der Waals surface area (Å²) in [6.45, 7) is 8.94. The molecule has 2 aromatic carbocycles. The SMILES string of the molecule is Cc1noc(C)c1NC(=O)Nc1ccc2c(c1)C(=O)N([C@H](C)CO)C[C@@H](C)[C@@H](CN(C)S(=O)(=O)c1ccc(F)cc1)OCCCC[C@H](C)O2.